The molecule has 3 aromatic carbocycles. The van der Waals surface area contributed by atoms with Gasteiger partial charge in [-0.25, -0.2) is 17.7 Å². The fourth-order valence-corrected chi connectivity index (χ4v) is 5.71. The fraction of sp³-hybridized carbons (Fsp3) is 0.207. The first-order valence-electron chi connectivity index (χ1n) is 11.6. The van der Waals surface area contributed by atoms with Gasteiger partial charge in [-0.2, -0.15) is 4.40 Å². The minimum absolute atomic E-state index is 0.157. The van der Waals surface area contributed by atoms with E-state index in [1.807, 2.05) is 34.2 Å². The minimum atomic E-state index is -0.933. The number of imidazole rings is 1. The molecule has 1 aliphatic heterocycles. The molecule has 3 heterocycles. The van der Waals surface area contributed by atoms with Crippen LogP contribution >= 0.6 is 0 Å². The number of hydrogen-bond donors (Lipinski definition) is 0. The molecule has 5 heteroatoms. The minimum Gasteiger partial charge on any atom is -0.207 e. The zero-order valence-electron chi connectivity index (χ0n) is 19.3. The summed E-state index contributed by atoms with van der Waals surface area (Å²) in [7, 11) is 0. The van der Waals surface area contributed by atoms with Crippen LogP contribution in [0.25, 0.3) is 44.8 Å². The zero-order chi connectivity index (χ0) is 23.8. The number of hydrogen-bond acceptors (Lipinski definition) is 0. The molecular formula is C29H24F3N2+. The maximum absolute atomic E-state index is 15.0. The number of aryl methyl sites for hydroxylation is 1. The molecule has 2 nitrogen and oxygen atoms in total. The molecule has 5 aromatic rings. The third-order valence-electron chi connectivity index (χ3n) is 7.55. The van der Waals surface area contributed by atoms with E-state index in [1.54, 1.807) is 6.20 Å². The van der Waals surface area contributed by atoms with Crippen LogP contribution in [0.1, 0.15) is 37.8 Å². The second kappa shape index (κ2) is 7.20. The second-order valence-corrected chi connectivity index (χ2v) is 9.25. The molecule has 0 bridgehead atoms. The number of fused-ring (bicyclic) bond motifs is 3. The molecule has 0 spiro atoms. The van der Waals surface area contributed by atoms with E-state index in [0.717, 1.165) is 57.9 Å². The number of benzene rings is 3. The van der Waals surface area contributed by atoms with E-state index < -0.39 is 17.5 Å². The van der Waals surface area contributed by atoms with Crippen LogP contribution in [0.3, 0.4) is 0 Å². The normalized spacial score (nSPS) is 14.5. The van der Waals surface area contributed by atoms with Gasteiger partial charge in [0.25, 0.3) is 5.65 Å². The van der Waals surface area contributed by atoms with Gasteiger partial charge in [0.15, 0.2) is 5.69 Å². The molecule has 34 heavy (non-hydrogen) atoms. The van der Waals surface area contributed by atoms with Crippen molar-refractivity contribution < 1.29 is 17.7 Å². The average molecular weight is 458 g/mol. The van der Waals surface area contributed by atoms with E-state index in [-0.39, 0.29) is 11.0 Å². The lowest BCUT2D eigenvalue weighted by molar-refractivity contribution is -0.537. The van der Waals surface area contributed by atoms with E-state index in [9.17, 15) is 4.39 Å². The summed E-state index contributed by atoms with van der Waals surface area (Å²) in [4.78, 5) is 0. The van der Waals surface area contributed by atoms with Gasteiger partial charge in [0.1, 0.15) is 29.2 Å². The first-order valence-corrected chi connectivity index (χ1v) is 11.6. The van der Waals surface area contributed by atoms with Crippen LogP contribution in [0, 0.1) is 24.4 Å². The van der Waals surface area contributed by atoms with Crippen molar-refractivity contribution in [1.82, 2.24) is 4.40 Å². The molecule has 0 fully saturated rings. The van der Waals surface area contributed by atoms with E-state index in [4.69, 9.17) is 0 Å². The Labute approximate surface area is 195 Å². The van der Waals surface area contributed by atoms with Gasteiger partial charge in [0, 0.05) is 28.3 Å². The molecule has 0 saturated carbocycles. The molecule has 0 atom stereocenters. The Morgan fingerprint density at radius 3 is 2.35 bits per heavy atom. The van der Waals surface area contributed by atoms with Crippen molar-refractivity contribution in [2.75, 3.05) is 0 Å². The summed E-state index contributed by atoms with van der Waals surface area (Å²) in [6.45, 7) is 6.42. The third kappa shape index (κ3) is 2.67. The van der Waals surface area contributed by atoms with Crippen molar-refractivity contribution in [3.05, 3.63) is 89.4 Å². The van der Waals surface area contributed by atoms with Gasteiger partial charge in [0.05, 0.1) is 17.1 Å². The Bertz CT molecular complexity index is 1650. The van der Waals surface area contributed by atoms with Crippen molar-refractivity contribution in [2.24, 2.45) is 0 Å². The van der Waals surface area contributed by atoms with Crippen LogP contribution in [-0.4, -0.2) is 4.40 Å². The van der Waals surface area contributed by atoms with Crippen molar-refractivity contribution in [3.63, 3.8) is 0 Å². The number of pyridine rings is 1. The summed E-state index contributed by atoms with van der Waals surface area (Å²) in [5.74, 6) is -2.78. The molecule has 0 N–H and O–H groups in total. The maximum Gasteiger partial charge on any atom is 0.300 e. The van der Waals surface area contributed by atoms with Gasteiger partial charge >= 0.3 is 0 Å². The Morgan fingerprint density at radius 1 is 0.912 bits per heavy atom. The van der Waals surface area contributed by atoms with Crippen molar-refractivity contribution >= 4 is 33.5 Å². The lowest BCUT2D eigenvalue weighted by atomic mass is 9.74. The smallest absolute Gasteiger partial charge is 0.207 e. The fourth-order valence-electron chi connectivity index (χ4n) is 5.71. The van der Waals surface area contributed by atoms with Gasteiger partial charge in [0.2, 0.25) is 0 Å². The quantitative estimate of drug-likeness (QED) is 0.196. The predicted octanol–water partition coefficient (Wildman–Crippen LogP) is 7.47. The number of aromatic nitrogens is 2. The molecule has 0 aliphatic carbocycles. The highest BCUT2D eigenvalue weighted by Gasteiger charge is 2.36. The molecule has 0 radical (unpaired) electrons. The van der Waals surface area contributed by atoms with Gasteiger partial charge in [-0.15, -0.1) is 0 Å². The Kier molecular flexibility index (Phi) is 4.44. The number of halogens is 3. The van der Waals surface area contributed by atoms with Crippen LogP contribution in [0.2, 0.25) is 0 Å². The molecular weight excluding hydrogens is 433 g/mol. The lowest BCUT2D eigenvalue weighted by Gasteiger charge is -2.28. The third-order valence-corrected chi connectivity index (χ3v) is 7.55. The highest BCUT2D eigenvalue weighted by molar-refractivity contribution is 6.13. The van der Waals surface area contributed by atoms with E-state index in [2.05, 4.69) is 44.2 Å². The van der Waals surface area contributed by atoms with Gasteiger partial charge in [-0.05, 0) is 43.5 Å². The summed E-state index contributed by atoms with van der Waals surface area (Å²) in [6.07, 6.45) is 7.82. The summed E-state index contributed by atoms with van der Waals surface area (Å²) in [6, 6.07) is 14.0. The van der Waals surface area contributed by atoms with E-state index in [1.165, 1.54) is 5.56 Å². The molecule has 2 aromatic heterocycles. The highest BCUT2D eigenvalue weighted by atomic mass is 19.1. The van der Waals surface area contributed by atoms with Crippen LogP contribution < -0.4 is 4.57 Å². The number of allylic oxidation sites excluding steroid dienone is 1. The molecule has 0 amide bonds. The molecule has 0 saturated heterocycles. The first-order chi connectivity index (χ1) is 16.4. The summed E-state index contributed by atoms with van der Waals surface area (Å²) in [5, 5.41) is 3.19. The summed E-state index contributed by atoms with van der Waals surface area (Å²) in [5.41, 5.74) is 3.95. The Morgan fingerprint density at radius 2 is 1.65 bits per heavy atom. The van der Waals surface area contributed by atoms with E-state index >= 15 is 8.78 Å². The number of rotatable bonds is 3. The van der Waals surface area contributed by atoms with Crippen molar-refractivity contribution in [1.29, 1.82) is 0 Å². The molecule has 0 unspecified atom stereocenters. The van der Waals surface area contributed by atoms with Gasteiger partial charge in [-0.3, -0.25) is 0 Å². The zero-order valence-corrected chi connectivity index (χ0v) is 19.3. The summed E-state index contributed by atoms with van der Waals surface area (Å²) < 4.78 is 47.7. The predicted molar refractivity (Wildman–Crippen MR) is 130 cm³/mol. The SMILES string of the molecule is CCC1(CC)C=C[n+]2cc(-c3c(F)cc(F)cc3F)n3c4ccc(C)cc4c4cccc1c4c32. The van der Waals surface area contributed by atoms with Gasteiger partial charge in [-0.1, -0.05) is 43.7 Å². The topological polar surface area (TPSA) is 8.29 Å². The van der Waals surface area contributed by atoms with Crippen molar-refractivity contribution in [2.45, 2.75) is 39.0 Å². The number of nitrogens with zero attached hydrogens (tertiary/aromatic N) is 2. The Balaban J connectivity index is 1.91. The standard InChI is InChI=1S/C29H24F3N2/c1-4-29(5-2)11-12-33-16-25(27-22(31)14-18(30)15-23(27)32)34-24-10-9-17(3)13-20(24)19-7-6-8-21(29)26(19)28(33)34/h6-16H,4-5H2,1-3H3/q+1. The maximum atomic E-state index is 15.0. The Hall–Kier alpha value is -3.60. The summed E-state index contributed by atoms with van der Waals surface area (Å²) >= 11 is 0. The van der Waals surface area contributed by atoms with Crippen LogP contribution in [0.4, 0.5) is 13.2 Å². The van der Waals surface area contributed by atoms with Crippen molar-refractivity contribution in [3.8, 4) is 11.3 Å². The van der Waals surface area contributed by atoms with Gasteiger partial charge < -0.3 is 0 Å². The van der Waals surface area contributed by atoms with Crippen LogP contribution in [-0.2, 0) is 5.41 Å². The monoisotopic (exact) mass is 457 g/mol. The molecule has 1 aliphatic rings. The van der Waals surface area contributed by atoms with E-state index in [0.29, 0.717) is 5.69 Å². The highest BCUT2D eigenvalue weighted by Crippen LogP contribution is 2.43. The average Bonchev–Trinajstić information content (AvgIpc) is 3.12. The molecule has 6 rings (SSSR count). The molecule has 170 valence electrons. The lowest BCUT2D eigenvalue weighted by Crippen LogP contribution is -2.24. The van der Waals surface area contributed by atoms with Crippen LogP contribution in [0.15, 0.2) is 60.8 Å². The van der Waals surface area contributed by atoms with Crippen LogP contribution in [0.5, 0.6) is 0 Å². The largest absolute Gasteiger partial charge is 0.300 e. The first kappa shape index (κ1) is 21.0. The second-order valence-electron chi connectivity index (χ2n) is 9.25.